The maximum absolute atomic E-state index is 11.0. The number of aromatic nitrogens is 1. The second kappa shape index (κ2) is 6.17. The zero-order valence-corrected chi connectivity index (χ0v) is 9.23. The highest BCUT2D eigenvalue weighted by Gasteiger charge is 2.02. The Labute approximate surface area is 92.4 Å². The molecule has 80 valence electrons. The SMILES string of the molecule is CCC(=O)Nc1ncc(C#CCCO)s1. The monoisotopic (exact) mass is 224 g/mol. The van der Waals surface area contributed by atoms with Gasteiger partial charge in [-0.2, -0.15) is 0 Å². The van der Waals surface area contributed by atoms with Crippen molar-refractivity contribution in [1.29, 1.82) is 0 Å². The van der Waals surface area contributed by atoms with Gasteiger partial charge in [0.05, 0.1) is 17.7 Å². The molecule has 0 bridgehead atoms. The first-order valence-electron chi connectivity index (χ1n) is 4.61. The normalized spacial score (nSPS) is 9.20. The Morgan fingerprint density at radius 1 is 1.73 bits per heavy atom. The van der Waals surface area contributed by atoms with Crippen LogP contribution in [0, 0.1) is 11.8 Å². The first-order chi connectivity index (χ1) is 7.26. The van der Waals surface area contributed by atoms with Crippen LogP contribution < -0.4 is 5.32 Å². The molecule has 0 aromatic carbocycles. The second-order valence-corrected chi connectivity index (χ2v) is 3.74. The number of anilines is 1. The van der Waals surface area contributed by atoms with Crippen LogP contribution in [0.4, 0.5) is 5.13 Å². The summed E-state index contributed by atoms with van der Waals surface area (Å²) in [6.45, 7) is 1.84. The summed E-state index contributed by atoms with van der Waals surface area (Å²) >= 11 is 1.33. The van der Waals surface area contributed by atoms with Gasteiger partial charge in [0.25, 0.3) is 0 Å². The molecule has 5 heteroatoms. The van der Waals surface area contributed by atoms with Crippen molar-refractivity contribution >= 4 is 22.4 Å². The van der Waals surface area contributed by atoms with Gasteiger partial charge in [-0.25, -0.2) is 4.98 Å². The molecule has 2 N–H and O–H groups in total. The first kappa shape index (κ1) is 11.7. The Morgan fingerprint density at radius 2 is 2.53 bits per heavy atom. The largest absolute Gasteiger partial charge is 0.395 e. The van der Waals surface area contributed by atoms with Crippen molar-refractivity contribution in [3.8, 4) is 11.8 Å². The molecular weight excluding hydrogens is 212 g/mol. The summed E-state index contributed by atoms with van der Waals surface area (Å²) in [6, 6.07) is 0. The molecule has 0 saturated heterocycles. The summed E-state index contributed by atoms with van der Waals surface area (Å²) in [4.78, 5) is 15.8. The Hall–Kier alpha value is -1.38. The van der Waals surface area contributed by atoms with Gasteiger partial charge in [-0.05, 0) is 0 Å². The van der Waals surface area contributed by atoms with Crippen LogP contribution in [-0.2, 0) is 4.79 Å². The molecule has 1 heterocycles. The van der Waals surface area contributed by atoms with Gasteiger partial charge in [0, 0.05) is 12.8 Å². The fourth-order valence-corrected chi connectivity index (χ4v) is 1.51. The van der Waals surface area contributed by atoms with Crippen LogP contribution in [0.15, 0.2) is 6.20 Å². The van der Waals surface area contributed by atoms with Crippen LogP contribution in [0.5, 0.6) is 0 Å². The predicted molar refractivity (Wildman–Crippen MR) is 59.6 cm³/mol. The number of thiazole rings is 1. The number of hydrogen-bond donors (Lipinski definition) is 2. The topological polar surface area (TPSA) is 62.2 Å². The first-order valence-corrected chi connectivity index (χ1v) is 5.43. The molecule has 0 aliphatic heterocycles. The molecule has 0 aliphatic rings. The fraction of sp³-hybridized carbons (Fsp3) is 0.400. The third-order valence-electron chi connectivity index (χ3n) is 1.52. The van der Waals surface area contributed by atoms with Crippen molar-refractivity contribution in [2.45, 2.75) is 19.8 Å². The lowest BCUT2D eigenvalue weighted by Crippen LogP contribution is -2.08. The van der Waals surface area contributed by atoms with Crippen molar-refractivity contribution in [2.75, 3.05) is 11.9 Å². The van der Waals surface area contributed by atoms with E-state index in [1.807, 2.05) is 0 Å². The van der Waals surface area contributed by atoms with Gasteiger partial charge in [-0.1, -0.05) is 30.1 Å². The summed E-state index contributed by atoms with van der Waals surface area (Å²) in [5, 5.41) is 11.7. The Bertz CT molecular complexity index is 390. The molecular formula is C10H12N2O2S. The lowest BCUT2D eigenvalue weighted by atomic mass is 10.4. The summed E-state index contributed by atoms with van der Waals surface area (Å²) < 4.78 is 0. The van der Waals surface area contributed by atoms with Crippen molar-refractivity contribution in [3.05, 3.63) is 11.1 Å². The molecule has 0 spiro atoms. The third kappa shape index (κ3) is 4.11. The maximum Gasteiger partial charge on any atom is 0.225 e. The van der Waals surface area contributed by atoms with E-state index in [0.29, 0.717) is 18.0 Å². The average molecular weight is 224 g/mol. The van der Waals surface area contributed by atoms with Crippen LogP contribution in [-0.4, -0.2) is 22.6 Å². The van der Waals surface area contributed by atoms with E-state index in [9.17, 15) is 4.79 Å². The van der Waals surface area contributed by atoms with Gasteiger partial charge in [0.2, 0.25) is 5.91 Å². The van der Waals surface area contributed by atoms with E-state index >= 15 is 0 Å². The molecule has 1 aromatic rings. The molecule has 1 amide bonds. The van der Waals surface area contributed by atoms with E-state index in [2.05, 4.69) is 22.1 Å². The highest BCUT2D eigenvalue weighted by molar-refractivity contribution is 7.16. The summed E-state index contributed by atoms with van der Waals surface area (Å²) in [7, 11) is 0. The molecule has 0 radical (unpaired) electrons. The number of nitrogens with one attached hydrogen (secondary N) is 1. The van der Waals surface area contributed by atoms with Crippen molar-refractivity contribution in [1.82, 2.24) is 4.98 Å². The zero-order chi connectivity index (χ0) is 11.1. The smallest absolute Gasteiger partial charge is 0.225 e. The molecule has 1 rings (SSSR count). The molecule has 4 nitrogen and oxygen atoms in total. The molecule has 15 heavy (non-hydrogen) atoms. The van der Waals surface area contributed by atoms with Gasteiger partial charge in [-0.15, -0.1) is 0 Å². The van der Waals surface area contributed by atoms with Gasteiger partial charge < -0.3 is 10.4 Å². The molecule has 0 unspecified atom stereocenters. The number of aliphatic hydroxyl groups excluding tert-OH is 1. The quantitative estimate of drug-likeness (QED) is 0.759. The van der Waals surface area contributed by atoms with Gasteiger partial charge in [0.1, 0.15) is 0 Å². The van der Waals surface area contributed by atoms with Crippen molar-refractivity contribution in [3.63, 3.8) is 0 Å². The van der Waals surface area contributed by atoms with Crippen LogP contribution >= 0.6 is 11.3 Å². The van der Waals surface area contributed by atoms with Gasteiger partial charge in [0.15, 0.2) is 5.13 Å². The predicted octanol–water partition coefficient (Wildman–Crippen LogP) is 1.23. The van der Waals surface area contributed by atoms with Crippen molar-refractivity contribution in [2.24, 2.45) is 0 Å². The minimum atomic E-state index is -0.0563. The molecule has 0 fully saturated rings. The van der Waals surface area contributed by atoms with E-state index < -0.39 is 0 Å². The molecule has 0 saturated carbocycles. The Balaban J connectivity index is 2.57. The van der Waals surface area contributed by atoms with E-state index in [-0.39, 0.29) is 12.5 Å². The maximum atomic E-state index is 11.0. The number of nitrogens with zero attached hydrogens (tertiary/aromatic N) is 1. The summed E-state index contributed by atoms with van der Waals surface area (Å²) in [6.07, 6.45) is 2.50. The van der Waals surface area contributed by atoms with E-state index in [0.717, 1.165) is 4.88 Å². The number of amides is 1. The third-order valence-corrected chi connectivity index (χ3v) is 2.35. The van der Waals surface area contributed by atoms with E-state index in [4.69, 9.17) is 5.11 Å². The standard InChI is InChI=1S/C10H12N2O2S/c1-2-9(14)12-10-11-7-8(15-10)5-3-4-6-13/h7,13H,2,4,6H2,1H3,(H,11,12,14). The van der Waals surface area contributed by atoms with Crippen LogP contribution in [0.1, 0.15) is 24.6 Å². The number of carbonyl (C=O) groups is 1. The van der Waals surface area contributed by atoms with E-state index in [1.54, 1.807) is 13.1 Å². The second-order valence-electron chi connectivity index (χ2n) is 2.71. The minimum Gasteiger partial charge on any atom is -0.395 e. The van der Waals surface area contributed by atoms with Gasteiger partial charge in [-0.3, -0.25) is 4.79 Å². The summed E-state index contributed by atoms with van der Waals surface area (Å²) in [5.41, 5.74) is 0. The lowest BCUT2D eigenvalue weighted by molar-refractivity contribution is -0.115. The molecule has 0 atom stereocenters. The van der Waals surface area contributed by atoms with Crippen LogP contribution in [0.2, 0.25) is 0 Å². The van der Waals surface area contributed by atoms with E-state index in [1.165, 1.54) is 11.3 Å². The average Bonchev–Trinajstić information content (AvgIpc) is 2.66. The number of hydrogen-bond acceptors (Lipinski definition) is 4. The Kier molecular flexibility index (Phi) is 4.81. The fourth-order valence-electron chi connectivity index (χ4n) is 0.803. The van der Waals surface area contributed by atoms with Crippen LogP contribution in [0.3, 0.4) is 0 Å². The van der Waals surface area contributed by atoms with Gasteiger partial charge >= 0.3 is 0 Å². The highest BCUT2D eigenvalue weighted by atomic mass is 32.1. The van der Waals surface area contributed by atoms with Crippen LogP contribution in [0.25, 0.3) is 0 Å². The minimum absolute atomic E-state index is 0.0563. The Morgan fingerprint density at radius 3 is 3.20 bits per heavy atom. The lowest BCUT2D eigenvalue weighted by Gasteiger charge is -1.95. The number of rotatable bonds is 3. The van der Waals surface area contributed by atoms with Crippen molar-refractivity contribution < 1.29 is 9.90 Å². The zero-order valence-electron chi connectivity index (χ0n) is 8.41. The summed E-state index contributed by atoms with van der Waals surface area (Å²) in [5.74, 6) is 5.59. The number of carbonyl (C=O) groups excluding carboxylic acids is 1. The highest BCUT2D eigenvalue weighted by Crippen LogP contribution is 2.16. The number of aliphatic hydroxyl groups is 1. The molecule has 0 aliphatic carbocycles. The molecule has 1 aromatic heterocycles.